The second-order valence-electron chi connectivity index (χ2n) is 7.19. The molecule has 1 fully saturated rings. The van der Waals surface area contributed by atoms with Crippen LogP contribution in [0.25, 0.3) is 0 Å². The van der Waals surface area contributed by atoms with E-state index in [2.05, 4.69) is 6.07 Å². The average molecular weight is 375 g/mol. The molecule has 3 rings (SSSR count). The summed E-state index contributed by atoms with van der Waals surface area (Å²) >= 11 is 0. The van der Waals surface area contributed by atoms with E-state index in [9.17, 15) is 9.59 Å². The molecule has 0 atom stereocenters. The minimum atomic E-state index is 0.0153. The number of nitrogens with zero attached hydrogens (tertiary/aromatic N) is 3. The van der Waals surface area contributed by atoms with Crippen LogP contribution in [0.3, 0.4) is 0 Å². The minimum Gasteiger partial charge on any atom is -0.339 e. The molecule has 1 aliphatic heterocycles. The second kappa shape index (κ2) is 8.71. The molecule has 0 aliphatic carbocycles. The maximum Gasteiger partial charge on any atom is 0.253 e. The molecule has 1 saturated heterocycles. The molecule has 0 N–H and O–H groups in total. The lowest BCUT2D eigenvalue weighted by Gasteiger charge is -2.32. The van der Waals surface area contributed by atoms with Gasteiger partial charge in [-0.1, -0.05) is 18.2 Å². The molecule has 1 aliphatic rings. The zero-order valence-corrected chi connectivity index (χ0v) is 16.4. The van der Waals surface area contributed by atoms with Gasteiger partial charge in [-0.25, -0.2) is 0 Å². The molecule has 0 bridgehead atoms. The second-order valence-corrected chi connectivity index (χ2v) is 7.19. The molecule has 2 aromatic rings. The van der Waals surface area contributed by atoms with Gasteiger partial charge in [0.2, 0.25) is 6.41 Å². The van der Waals surface area contributed by atoms with Crippen LogP contribution < -0.4 is 4.90 Å². The topological polar surface area (TPSA) is 64.4 Å². The normalized spacial score (nSPS) is 14.4. The minimum absolute atomic E-state index is 0.0153. The third-order valence-electron chi connectivity index (χ3n) is 5.53. The van der Waals surface area contributed by atoms with Crippen molar-refractivity contribution >= 4 is 18.0 Å². The standard InChI is InChI=1S/C23H25N3O2/c1-3-25(16-27)22-14-21(7-4-17(22)2)23(28)26-12-10-20(11-13-26)19-8-5-18(15-24)6-9-19/h4-9,14,16,20H,3,10-13H2,1-2H3. The first-order chi connectivity index (χ1) is 13.6. The third kappa shape index (κ3) is 4.07. The molecule has 28 heavy (non-hydrogen) atoms. The summed E-state index contributed by atoms with van der Waals surface area (Å²) in [7, 11) is 0. The number of carbonyl (C=O) groups excluding carboxylic acids is 2. The highest BCUT2D eigenvalue weighted by Crippen LogP contribution is 2.29. The van der Waals surface area contributed by atoms with Crippen LogP contribution in [-0.2, 0) is 4.79 Å². The quantitative estimate of drug-likeness (QED) is 0.745. The van der Waals surface area contributed by atoms with Crippen LogP contribution in [0, 0.1) is 18.3 Å². The van der Waals surface area contributed by atoms with Crippen LogP contribution in [0.15, 0.2) is 42.5 Å². The number of hydrogen-bond acceptors (Lipinski definition) is 3. The number of anilines is 1. The molecule has 0 unspecified atom stereocenters. The molecule has 2 aromatic carbocycles. The SMILES string of the molecule is CCN(C=O)c1cc(C(=O)N2CCC(c3ccc(C#N)cc3)CC2)ccc1C. The fraction of sp³-hybridized carbons (Fsp3) is 0.348. The number of benzene rings is 2. The van der Waals surface area contributed by atoms with Gasteiger partial charge < -0.3 is 9.80 Å². The van der Waals surface area contributed by atoms with Crippen molar-refractivity contribution in [2.75, 3.05) is 24.5 Å². The maximum atomic E-state index is 13.0. The van der Waals surface area contributed by atoms with Gasteiger partial charge in [0.15, 0.2) is 0 Å². The van der Waals surface area contributed by atoms with Crippen LogP contribution >= 0.6 is 0 Å². The van der Waals surface area contributed by atoms with Gasteiger partial charge in [-0.3, -0.25) is 9.59 Å². The Hall–Kier alpha value is -3.13. The van der Waals surface area contributed by atoms with Crippen LogP contribution in [0.4, 0.5) is 5.69 Å². The zero-order valence-electron chi connectivity index (χ0n) is 16.4. The molecule has 0 saturated carbocycles. The van der Waals surface area contributed by atoms with Crippen molar-refractivity contribution in [2.24, 2.45) is 0 Å². The maximum absolute atomic E-state index is 13.0. The van der Waals surface area contributed by atoms with Crippen LogP contribution in [0.2, 0.25) is 0 Å². The summed E-state index contributed by atoms with van der Waals surface area (Å²) < 4.78 is 0. The largest absolute Gasteiger partial charge is 0.339 e. The highest BCUT2D eigenvalue weighted by Gasteiger charge is 2.25. The Morgan fingerprint density at radius 3 is 2.46 bits per heavy atom. The third-order valence-corrected chi connectivity index (χ3v) is 5.53. The Morgan fingerprint density at radius 2 is 1.89 bits per heavy atom. The number of piperidine rings is 1. The molecule has 5 nitrogen and oxygen atoms in total. The number of hydrogen-bond donors (Lipinski definition) is 0. The van der Waals surface area contributed by atoms with Crippen molar-refractivity contribution in [3.05, 3.63) is 64.7 Å². The number of aryl methyl sites for hydroxylation is 1. The molecule has 1 heterocycles. The van der Waals surface area contributed by atoms with E-state index in [1.807, 2.05) is 61.2 Å². The molecule has 144 valence electrons. The predicted molar refractivity (Wildman–Crippen MR) is 109 cm³/mol. The zero-order chi connectivity index (χ0) is 20.1. The van der Waals surface area contributed by atoms with Crippen LogP contribution in [-0.4, -0.2) is 36.9 Å². The lowest BCUT2D eigenvalue weighted by Crippen LogP contribution is -2.38. The van der Waals surface area contributed by atoms with Crippen molar-refractivity contribution in [3.8, 4) is 6.07 Å². The first kappa shape index (κ1) is 19.6. The lowest BCUT2D eigenvalue weighted by atomic mass is 9.89. The van der Waals surface area contributed by atoms with Crippen LogP contribution in [0.5, 0.6) is 0 Å². The highest BCUT2D eigenvalue weighted by molar-refractivity contribution is 5.96. The number of nitriles is 1. The summed E-state index contributed by atoms with van der Waals surface area (Å²) in [6.45, 7) is 5.84. The van der Waals surface area contributed by atoms with E-state index in [1.165, 1.54) is 5.56 Å². The Bertz CT molecular complexity index is 891. The van der Waals surface area contributed by atoms with E-state index < -0.39 is 0 Å². The smallest absolute Gasteiger partial charge is 0.253 e. The Morgan fingerprint density at radius 1 is 1.21 bits per heavy atom. The first-order valence-corrected chi connectivity index (χ1v) is 9.69. The van der Waals surface area contributed by atoms with Gasteiger partial charge in [-0.2, -0.15) is 5.26 Å². The Balaban J connectivity index is 1.69. The van der Waals surface area contributed by atoms with Gasteiger partial charge in [-0.05, 0) is 68.0 Å². The fourth-order valence-electron chi connectivity index (χ4n) is 3.78. The summed E-state index contributed by atoms with van der Waals surface area (Å²) in [5, 5.41) is 8.93. The van der Waals surface area contributed by atoms with E-state index in [0.717, 1.165) is 30.5 Å². The van der Waals surface area contributed by atoms with Crippen LogP contribution in [0.1, 0.15) is 52.7 Å². The summed E-state index contributed by atoms with van der Waals surface area (Å²) in [5.74, 6) is 0.428. The number of likely N-dealkylation sites (tertiary alicyclic amines) is 1. The van der Waals surface area contributed by atoms with Gasteiger partial charge >= 0.3 is 0 Å². The van der Waals surface area contributed by atoms with E-state index in [1.54, 1.807) is 4.90 Å². The number of rotatable bonds is 5. The van der Waals surface area contributed by atoms with Gasteiger partial charge in [0.05, 0.1) is 11.6 Å². The van der Waals surface area contributed by atoms with E-state index in [-0.39, 0.29) is 5.91 Å². The van der Waals surface area contributed by atoms with Gasteiger partial charge in [0.1, 0.15) is 0 Å². The molecule has 2 amide bonds. The highest BCUT2D eigenvalue weighted by atomic mass is 16.2. The predicted octanol–water partition coefficient (Wildman–Crippen LogP) is 3.87. The van der Waals surface area contributed by atoms with Crippen molar-refractivity contribution in [2.45, 2.75) is 32.6 Å². The molecule has 0 spiro atoms. The van der Waals surface area contributed by atoms with Gasteiger partial charge in [0.25, 0.3) is 5.91 Å². The van der Waals surface area contributed by atoms with E-state index in [0.29, 0.717) is 36.7 Å². The van der Waals surface area contributed by atoms with Crippen molar-refractivity contribution in [1.82, 2.24) is 4.90 Å². The van der Waals surface area contributed by atoms with Crippen molar-refractivity contribution < 1.29 is 9.59 Å². The monoisotopic (exact) mass is 375 g/mol. The number of carbonyl (C=O) groups is 2. The van der Waals surface area contributed by atoms with E-state index in [4.69, 9.17) is 5.26 Å². The molecule has 0 radical (unpaired) electrons. The Kier molecular flexibility index (Phi) is 6.10. The summed E-state index contributed by atoms with van der Waals surface area (Å²) in [4.78, 5) is 27.8. The van der Waals surface area contributed by atoms with Crippen molar-refractivity contribution in [3.63, 3.8) is 0 Å². The van der Waals surface area contributed by atoms with Crippen molar-refractivity contribution in [1.29, 1.82) is 5.26 Å². The van der Waals surface area contributed by atoms with Gasteiger partial charge in [-0.15, -0.1) is 0 Å². The fourth-order valence-corrected chi connectivity index (χ4v) is 3.78. The first-order valence-electron chi connectivity index (χ1n) is 9.69. The summed E-state index contributed by atoms with van der Waals surface area (Å²) in [6.07, 6.45) is 2.62. The summed E-state index contributed by atoms with van der Waals surface area (Å²) in [6, 6.07) is 15.5. The average Bonchev–Trinajstić information content (AvgIpc) is 2.75. The molecular formula is C23H25N3O2. The Labute approximate surface area is 166 Å². The summed E-state index contributed by atoms with van der Waals surface area (Å²) in [5.41, 5.74) is 4.29. The molecular weight excluding hydrogens is 350 g/mol. The lowest BCUT2D eigenvalue weighted by molar-refractivity contribution is -0.107. The molecule has 5 heteroatoms. The van der Waals surface area contributed by atoms with E-state index >= 15 is 0 Å². The van der Waals surface area contributed by atoms with Gasteiger partial charge in [0, 0.05) is 30.9 Å². The molecule has 0 aromatic heterocycles. The number of amides is 2.